The van der Waals surface area contributed by atoms with Gasteiger partial charge >= 0.3 is 24.3 Å². The summed E-state index contributed by atoms with van der Waals surface area (Å²) in [6, 6.07) is 10.2. The smallest absolute Gasteiger partial charge is 0.208 e. The van der Waals surface area contributed by atoms with Gasteiger partial charge in [-0.15, -0.1) is 15.8 Å². The third-order valence-corrected chi connectivity index (χ3v) is 12.5. The Morgan fingerprint density at radius 1 is 0.531 bits per heavy atom. The zero-order valence-electron chi connectivity index (χ0n) is 24.0. The van der Waals surface area contributed by atoms with E-state index in [4.69, 9.17) is 0 Å². The summed E-state index contributed by atoms with van der Waals surface area (Å²) in [4.78, 5) is -2.79. The van der Waals surface area contributed by atoms with Gasteiger partial charge in [-0.2, -0.15) is 47.9 Å². The van der Waals surface area contributed by atoms with Gasteiger partial charge in [-0.25, -0.2) is 21.2 Å². The van der Waals surface area contributed by atoms with Crippen LogP contribution in [0.15, 0.2) is 107 Å². The fourth-order valence-corrected chi connectivity index (χ4v) is 10.5. The van der Waals surface area contributed by atoms with Crippen LogP contribution in [-0.2, 0) is 38.6 Å². The Balaban J connectivity index is 1.83. The summed E-state index contributed by atoms with van der Waals surface area (Å²) in [5.41, 5.74) is -5.67. The van der Waals surface area contributed by atoms with Crippen LogP contribution in [0.2, 0.25) is 0 Å². The third kappa shape index (κ3) is 7.10. The van der Waals surface area contributed by atoms with E-state index in [1.807, 2.05) is 0 Å². The Labute approximate surface area is 281 Å². The van der Waals surface area contributed by atoms with Crippen molar-refractivity contribution in [1.29, 1.82) is 0 Å². The first-order chi connectivity index (χ1) is 22.5. The van der Waals surface area contributed by atoms with Gasteiger partial charge in [-0.05, 0) is 47.5 Å². The molecule has 4 aromatic rings. The zero-order chi connectivity index (χ0) is 36.3. The van der Waals surface area contributed by atoms with E-state index in [0.717, 1.165) is 0 Å². The van der Waals surface area contributed by atoms with Crippen molar-refractivity contribution < 1.29 is 60.7 Å². The van der Waals surface area contributed by atoms with Crippen molar-refractivity contribution in [3.05, 3.63) is 131 Å². The monoisotopic (exact) mass is 802 g/mol. The highest BCUT2D eigenvalue weighted by Gasteiger charge is 2.60. The molecule has 5 rings (SSSR count). The molecule has 0 bridgehead atoms. The van der Waals surface area contributed by atoms with E-state index in [2.05, 4.69) is 15.8 Å². The molecule has 1 aliphatic heterocycles. The van der Waals surface area contributed by atoms with Gasteiger partial charge in [-0.1, -0.05) is 60.7 Å². The van der Waals surface area contributed by atoms with Crippen LogP contribution in [0.4, 0.5) is 43.9 Å². The summed E-state index contributed by atoms with van der Waals surface area (Å²) < 4.78 is 196. The van der Waals surface area contributed by atoms with Gasteiger partial charge in [-0.3, -0.25) is 0 Å². The van der Waals surface area contributed by atoms with Crippen molar-refractivity contribution in [3.63, 3.8) is 0 Å². The predicted molar refractivity (Wildman–Crippen MR) is 159 cm³/mol. The van der Waals surface area contributed by atoms with E-state index in [9.17, 15) is 60.7 Å². The number of hydrogen-bond acceptors (Lipinski definition) is 4. The van der Waals surface area contributed by atoms with E-state index in [1.165, 1.54) is 60.7 Å². The Morgan fingerprint density at radius 3 is 1.20 bits per heavy atom. The molecule has 0 spiro atoms. The molecule has 1 heterocycles. The molecule has 0 N–H and O–H groups in total. The van der Waals surface area contributed by atoms with Crippen molar-refractivity contribution in [3.8, 4) is 0 Å². The van der Waals surface area contributed by atoms with E-state index in [1.54, 1.807) is 0 Å². The minimum atomic E-state index is -5.58. The predicted octanol–water partition coefficient (Wildman–Crippen LogP) is 8.44. The lowest BCUT2D eigenvalue weighted by molar-refractivity contribution is -0.143. The summed E-state index contributed by atoms with van der Waals surface area (Å²) in [7, 11) is -11.0. The molecule has 1 fully saturated rings. The van der Waals surface area contributed by atoms with Crippen molar-refractivity contribution in [2.24, 2.45) is 0 Å². The van der Waals surface area contributed by atoms with Crippen LogP contribution in [-0.4, -0.2) is 31.1 Å². The van der Waals surface area contributed by atoms with E-state index in [0.29, 0.717) is 8.43 Å². The highest BCUT2D eigenvalue weighted by atomic mass is 79.9. The molecule has 0 aliphatic carbocycles. The molecule has 0 saturated carbocycles. The molecular formula is C29H18BBrF10N2O4S2. The molecule has 4 aromatic carbocycles. The number of halogens is 11. The molecule has 20 heteroatoms. The van der Waals surface area contributed by atoms with Gasteiger partial charge in [0, 0.05) is 0 Å². The topological polar surface area (TPSA) is 74.8 Å². The number of sulfonamides is 2. The molecule has 1 aliphatic rings. The Morgan fingerprint density at radius 2 is 0.857 bits per heavy atom. The average molecular weight is 803 g/mol. The summed E-state index contributed by atoms with van der Waals surface area (Å²) in [6.07, 6.45) is -16.1. The summed E-state index contributed by atoms with van der Waals surface area (Å²) in [6.45, 7) is 0. The Bertz CT molecular complexity index is 2050. The van der Waals surface area contributed by atoms with Crippen LogP contribution in [0.3, 0.4) is 0 Å². The molecule has 2 unspecified atom stereocenters. The highest BCUT2D eigenvalue weighted by molar-refractivity contribution is 9.24. The number of rotatable bonds is 6. The normalized spacial score (nSPS) is 18.6. The quantitative estimate of drug-likeness (QED) is 0.145. The summed E-state index contributed by atoms with van der Waals surface area (Å²) in [5, 5.41) is 0. The second kappa shape index (κ2) is 12.7. The Hall–Kier alpha value is -3.46. The van der Waals surface area contributed by atoms with Crippen LogP contribution in [0.1, 0.15) is 39.9 Å². The molecule has 260 valence electrons. The maximum absolute atomic E-state index is 14.5. The van der Waals surface area contributed by atoms with Crippen LogP contribution < -0.4 is 0 Å². The summed E-state index contributed by atoms with van der Waals surface area (Å²) >= 11 is 2.94. The molecular weight excluding hydrogens is 785 g/mol. The first-order valence-electron chi connectivity index (χ1n) is 13.5. The minimum Gasteiger partial charge on any atom is -0.208 e. The maximum Gasteiger partial charge on any atom is 0.420 e. The molecule has 1 saturated heterocycles. The second-order valence-corrected chi connectivity index (χ2v) is 15.1. The van der Waals surface area contributed by atoms with Gasteiger partial charge in [0.2, 0.25) is 20.0 Å². The van der Waals surface area contributed by atoms with Crippen LogP contribution >= 0.6 is 15.8 Å². The largest absolute Gasteiger partial charge is 0.420 e. The molecule has 6 nitrogen and oxygen atoms in total. The second-order valence-electron chi connectivity index (χ2n) is 10.6. The van der Waals surface area contributed by atoms with Gasteiger partial charge in [0.15, 0.2) is 0 Å². The first kappa shape index (κ1) is 36.8. The Kier molecular flexibility index (Phi) is 9.54. The standard InChI is InChI=1S/C29H18BBrF10N2O4S2/c31-30-42(48(44,45)23-13-19(27(33,34)35)11-20(14-23)28(36,37)38)25(17-7-3-1-4-8-17)26(18-9-5-2-6-10-18)43(30)49(46,47)24-15-21(29(39,40)41)12-22(32)16-24/h1-16,25-26H. The van der Waals surface area contributed by atoms with Gasteiger partial charge in [0.1, 0.15) is 5.82 Å². The number of hydrogen-bond donors (Lipinski definition) is 0. The fourth-order valence-electron chi connectivity index (χ4n) is 5.34. The van der Waals surface area contributed by atoms with Crippen molar-refractivity contribution in [2.75, 3.05) is 0 Å². The minimum absolute atomic E-state index is 0.00884. The van der Waals surface area contributed by atoms with E-state index in [-0.39, 0.29) is 47.5 Å². The summed E-state index contributed by atoms with van der Waals surface area (Å²) in [5.74, 6) is -3.83. The highest BCUT2D eigenvalue weighted by Crippen LogP contribution is 2.52. The molecule has 0 amide bonds. The fraction of sp³-hybridized carbons (Fsp3) is 0.172. The number of alkyl halides is 9. The average Bonchev–Trinajstić information content (AvgIpc) is 3.34. The number of benzene rings is 4. The van der Waals surface area contributed by atoms with Crippen LogP contribution in [0, 0.1) is 5.82 Å². The number of nitrogens with zero attached hydrogens (tertiary/aromatic N) is 2. The van der Waals surface area contributed by atoms with E-state index >= 15 is 0 Å². The van der Waals surface area contributed by atoms with Crippen LogP contribution in [0.5, 0.6) is 0 Å². The SMILES string of the molecule is O=S(=O)(c1cc(F)cc(C(F)(F)F)c1)N1B(Br)N(S(=O)(=O)c2cc(C(F)(F)F)cc(C(F)(F)F)c2)C(c2ccccc2)C1c1ccccc1. The van der Waals surface area contributed by atoms with Crippen molar-refractivity contribution in [1.82, 2.24) is 8.43 Å². The molecule has 49 heavy (non-hydrogen) atoms. The van der Waals surface area contributed by atoms with Crippen LogP contribution in [0.25, 0.3) is 0 Å². The first-order valence-corrected chi connectivity index (χ1v) is 17.3. The van der Waals surface area contributed by atoms with Crippen molar-refractivity contribution >= 4 is 41.6 Å². The van der Waals surface area contributed by atoms with Gasteiger partial charge < -0.3 is 0 Å². The molecule has 0 aromatic heterocycles. The maximum atomic E-state index is 14.5. The lowest BCUT2D eigenvalue weighted by atomic mass is 9.95. The third-order valence-electron chi connectivity index (χ3n) is 7.46. The van der Waals surface area contributed by atoms with Gasteiger partial charge in [0.05, 0.1) is 38.6 Å². The lowest BCUT2D eigenvalue weighted by Crippen LogP contribution is -2.45. The molecule has 0 radical (unpaired) electrons. The van der Waals surface area contributed by atoms with Crippen molar-refractivity contribution in [2.45, 2.75) is 40.4 Å². The van der Waals surface area contributed by atoms with Gasteiger partial charge in [0.25, 0.3) is 0 Å². The zero-order valence-corrected chi connectivity index (χ0v) is 27.2. The molecule has 2 atom stereocenters. The lowest BCUT2D eigenvalue weighted by Gasteiger charge is -2.30. The van der Waals surface area contributed by atoms with E-state index < -0.39 is 88.8 Å².